The average Bonchev–Trinajstić information content (AvgIpc) is 3.52. The van der Waals surface area contributed by atoms with E-state index in [4.69, 9.17) is 19.4 Å². The normalized spacial score (nSPS) is 16.0. The molecule has 0 atom stereocenters. The van der Waals surface area contributed by atoms with Crippen molar-refractivity contribution in [2.45, 2.75) is 51.9 Å². The zero-order valence-electron chi connectivity index (χ0n) is 25.0. The van der Waals surface area contributed by atoms with Crippen LogP contribution in [0.2, 0.25) is 18.1 Å². The Labute approximate surface area is 247 Å². The lowest BCUT2D eigenvalue weighted by Crippen LogP contribution is -2.47. The Morgan fingerprint density at radius 1 is 0.952 bits per heavy atom. The van der Waals surface area contributed by atoms with Crippen molar-refractivity contribution in [3.63, 3.8) is 0 Å². The number of hydrogen-bond acceptors (Lipinski definition) is 8. The van der Waals surface area contributed by atoms with Crippen LogP contribution in [-0.2, 0) is 22.2 Å². The number of carbonyl (C=O) groups is 1. The van der Waals surface area contributed by atoms with Crippen LogP contribution in [0.5, 0.6) is 5.75 Å². The first-order valence-electron chi connectivity index (χ1n) is 14.6. The zero-order valence-corrected chi connectivity index (χ0v) is 26.0. The van der Waals surface area contributed by atoms with Crippen LogP contribution in [0.1, 0.15) is 26.3 Å². The number of para-hydroxylation sites is 1. The predicted molar refractivity (Wildman–Crippen MR) is 168 cm³/mol. The summed E-state index contributed by atoms with van der Waals surface area (Å²) >= 11 is 0. The van der Waals surface area contributed by atoms with Gasteiger partial charge in [-0.15, -0.1) is 0 Å². The fourth-order valence-corrected chi connectivity index (χ4v) is 6.34. The molecule has 0 bridgehead atoms. The lowest BCUT2D eigenvalue weighted by atomic mass is 10.2. The zero-order chi connectivity index (χ0) is 29.6. The first kappa shape index (κ1) is 28.2. The van der Waals surface area contributed by atoms with E-state index in [1.54, 1.807) is 23.4 Å². The van der Waals surface area contributed by atoms with Crippen LogP contribution in [0.15, 0.2) is 54.9 Å². The summed E-state index contributed by atoms with van der Waals surface area (Å²) in [5, 5.41) is 9.80. The number of amides is 1. The SMILES string of the molecule is CC(C)(C)[Si](C)(C)OCCn1cnc2c(N3C(=O)Cc4ccccc43)nc(N3CCN(c4ccc(O)cc4)CC3)nc21. The highest BCUT2D eigenvalue weighted by Crippen LogP contribution is 2.39. The number of piperazine rings is 1. The molecule has 42 heavy (non-hydrogen) atoms. The summed E-state index contributed by atoms with van der Waals surface area (Å²) in [5.74, 6) is 1.35. The fraction of sp³-hybridized carbons (Fsp3) is 0.419. The van der Waals surface area contributed by atoms with Crippen LogP contribution < -0.4 is 14.7 Å². The van der Waals surface area contributed by atoms with Gasteiger partial charge in [0.05, 0.1) is 25.0 Å². The van der Waals surface area contributed by atoms with Crippen LogP contribution in [0.3, 0.4) is 0 Å². The van der Waals surface area contributed by atoms with Crippen LogP contribution in [0.4, 0.5) is 23.1 Å². The number of phenolic OH excluding ortho intramolecular Hbond substituents is 1. The molecule has 10 nitrogen and oxygen atoms in total. The number of phenols is 1. The number of nitrogens with zero attached hydrogens (tertiary/aromatic N) is 7. The number of imidazole rings is 1. The standard InChI is InChI=1S/C31H39N7O3Si/c1-31(2,3)42(4,5)41-19-18-37-21-32-27-28(37)33-30(34-29(27)38-25-9-7-6-8-22(25)20-26(38)40)36-16-14-35(15-17-36)23-10-12-24(39)13-11-23/h6-13,21,39H,14-20H2,1-5H3. The summed E-state index contributed by atoms with van der Waals surface area (Å²) in [6.07, 6.45) is 2.13. The van der Waals surface area contributed by atoms with E-state index in [-0.39, 0.29) is 16.7 Å². The summed E-state index contributed by atoms with van der Waals surface area (Å²) in [4.78, 5) is 34.3. The summed E-state index contributed by atoms with van der Waals surface area (Å²) in [6.45, 7) is 15.4. The molecule has 2 aliphatic heterocycles. The van der Waals surface area contributed by atoms with E-state index in [1.165, 1.54) is 0 Å². The molecule has 0 radical (unpaired) electrons. The van der Waals surface area contributed by atoms with E-state index < -0.39 is 8.32 Å². The molecule has 1 amide bonds. The fourth-order valence-electron chi connectivity index (χ4n) is 5.31. The number of carbonyl (C=O) groups excluding carboxylic acids is 1. The van der Waals surface area contributed by atoms with Crippen molar-refractivity contribution in [2.24, 2.45) is 0 Å². The van der Waals surface area contributed by atoms with Crippen molar-refractivity contribution in [3.8, 4) is 5.75 Å². The Morgan fingerprint density at radius 3 is 2.36 bits per heavy atom. The maximum absolute atomic E-state index is 13.3. The van der Waals surface area contributed by atoms with Crippen molar-refractivity contribution in [1.29, 1.82) is 0 Å². The van der Waals surface area contributed by atoms with E-state index in [9.17, 15) is 9.90 Å². The van der Waals surface area contributed by atoms with Crippen LogP contribution >= 0.6 is 0 Å². The van der Waals surface area contributed by atoms with Crippen molar-refractivity contribution in [2.75, 3.05) is 47.5 Å². The molecule has 11 heteroatoms. The quantitative estimate of drug-likeness (QED) is 0.299. The number of hydrogen-bond donors (Lipinski definition) is 1. The third kappa shape index (κ3) is 5.22. The Hall–Kier alpha value is -3.96. The molecule has 4 heterocycles. The van der Waals surface area contributed by atoms with Gasteiger partial charge in [-0.1, -0.05) is 39.0 Å². The van der Waals surface area contributed by atoms with E-state index in [0.717, 1.165) is 43.1 Å². The average molecular weight is 586 g/mol. The van der Waals surface area contributed by atoms with Gasteiger partial charge in [-0.2, -0.15) is 9.97 Å². The highest BCUT2D eigenvalue weighted by Gasteiger charge is 2.37. The molecule has 1 N–H and O–H groups in total. The smallest absolute Gasteiger partial charge is 0.237 e. The topological polar surface area (TPSA) is 99.9 Å². The van der Waals surface area contributed by atoms with Crippen molar-refractivity contribution < 1.29 is 14.3 Å². The molecule has 220 valence electrons. The number of aromatic nitrogens is 4. The van der Waals surface area contributed by atoms with E-state index in [0.29, 0.717) is 42.5 Å². The molecule has 2 aromatic heterocycles. The predicted octanol–water partition coefficient (Wildman–Crippen LogP) is 5.10. The second-order valence-corrected chi connectivity index (χ2v) is 17.4. The van der Waals surface area contributed by atoms with Crippen LogP contribution in [0, 0.1) is 0 Å². The summed E-state index contributed by atoms with van der Waals surface area (Å²) < 4.78 is 8.49. The highest BCUT2D eigenvalue weighted by molar-refractivity contribution is 6.74. The minimum Gasteiger partial charge on any atom is -0.508 e. The monoisotopic (exact) mass is 585 g/mol. The number of fused-ring (bicyclic) bond motifs is 2. The van der Waals surface area contributed by atoms with Crippen LogP contribution in [-0.4, -0.2) is 71.6 Å². The third-order valence-electron chi connectivity index (χ3n) is 8.85. The molecule has 1 fully saturated rings. The number of benzene rings is 2. The van der Waals surface area contributed by atoms with Gasteiger partial charge in [0, 0.05) is 38.4 Å². The molecule has 2 aromatic carbocycles. The van der Waals surface area contributed by atoms with Crippen molar-refractivity contribution in [3.05, 3.63) is 60.4 Å². The van der Waals surface area contributed by atoms with E-state index in [2.05, 4.69) is 43.7 Å². The maximum Gasteiger partial charge on any atom is 0.237 e. The molecule has 6 rings (SSSR count). The van der Waals surface area contributed by atoms with Gasteiger partial charge in [-0.25, -0.2) is 4.98 Å². The summed E-state index contributed by atoms with van der Waals surface area (Å²) in [6, 6.07) is 15.2. The van der Waals surface area contributed by atoms with Gasteiger partial charge in [0.15, 0.2) is 25.3 Å². The van der Waals surface area contributed by atoms with Crippen molar-refractivity contribution >= 4 is 48.5 Å². The Morgan fingerprint density at radius 2 is 1.64 bits per heavy atom. The minimum atomic E-state index is -1.91. The van der Waals surface area contributed by atoms with Gasteiger partial charge in [0.2, 0.25) is 11.9 Å². The van der Waals surface area contributed by atoms with Crippen molar-refractivity contribution in [1.82, 2.24) is 19.5 Å². The second-order valence-electron chi connectivity index (χ2n) is 12.6. The molecule has 0 saturated carbocycles. The van der Waals surface area contributed by atoms with Gasteiger partial charge >= 0.3 is 0 Å². The molecule has 0 aliphatic carbocycles. The lowest BCUT2D eigenvalue weighted by Gasteiger charge is -2.36. The van der Waals surface area contributed by atoms with Gasteiger partial charge in [0.25, 0.3) is 0 Å². The minimum absolute atomic E-state index is 0.0184. The Bertz CT molecular complexity index is 1610. The molecular formula is C31H39N7O3Si. The Balaban J connectivity index is 1.33. The van der Waals surface area contributed by atoms with E-state index >= 15 is 0 Å². The molecule has 4 aromatic rings. The molecule has 0 spiro atoms. The molecule has 1 saturated heterocycles. The van der Waals surface area contributed by atoms with Gasteiger partial charge < -0.3 is 23.9 Å². The van der Waals surface area contributed by atoms with Crippen LogP contribution in [0.25, 0.3) is 11.2 Å². The first-order valence-corrected chi connectivity index (χ1v) is 17.5. The molecule has 2 aliphatic rings. The van der Waals surface area contributed by atoms with Gasteiger partial charge in [-0.05, 0) is 54.0 Å². The summed E-state index contributed by atoms with van der Waals surface area (Å²) in [5.41, 5.74) is 4.22. The summed E-state index contributed by atoms with van der Waals surface area (Å²) in [7, 11) is -1.91. The third-order valence-corrected chi connectivity index (χ3v) is 13.4. The number of aromatic hydroxyl groups is 1. The lowest BCUT2D eigenvalue weighted by molar-refractivity contribution is -0.116. The number of rotatable bonds is 7. The molecular weight excluding hydrogens is 546 g/mol. The van der Waals surface area contributed by atoms with Gasteiger partial charge in [0.1, 0.15) is 5.75 Å². The largest absolute Gasteiger partial charge is 0.508 e. The first-order chi connectivity index (χ1) is 20.0. The van der Waals surface area contributed by atoms with E-state index in [1.807, 2.05) is 41.0 Å². The van der Waals surface area contributed by atoms with Gasteiger partial charge in [-0.3, -0.25) is 9.69 Å². The maximum atomic E-state index is 13.3. The second kappa shape index (κ2) is 10.7. The highest BCUT2D eigenvalue weighted by atomic mass is 28.4. The molecule has 0 unspecified atom stereocenters. The number of anilines is 4. The Kier molecular flexibility index (Phi) is 7.18.